The van der Waals surface area contributed by atoms with Crippen molar-refractivity contribution in [2.24, 2.45) is 5.92 Å². The fourth-order valence-corrected chi connectivity index (χ4v) is 2.51. The van der Waals surface area contributed by atoms with Gasteiger partial charge in [0.25, 0.3) is 0 Å². The van der Waals surface area contributed by atoms with Gasteiger partial charge in [-0.15, -0.1) is 0 Å². The minimum atomic E-state index is 0.435. The Balaban J connectivity index is 2.98. The molecule has 0 saturated heterocycles. The number of halogens is 1. The summed E-state index contributed by atoms with van der Waals surface area (Å²) < 4.78 is 5.50. The molecule has 19 heavy (non-hydrogen) atoms. The van der Waals surface area contributed by atoms with E-state index in [1.807, 2.05) is 18.2 Å². The maximum Gasteiger partial charge on any atom is 0.122 e. The Hall–Kier alpha value is -0.730. The van der Waals surface area contributed by atoms with Gasteiger partial charge in [0.1, 0.15) is 5.75 Å². The van der Waals surface area contributed by atoms with Gasteiger partial charge in [-0.05, 0) is 37.1 Å². The van der Waals surface area contributed by atoms with E-state index in [1.165, 1.54) is 5.56 Å². The predicted octanol–water partition coefficient (Wildman–Crippen LogP) is 4.48. The van der Waals surface area contributed by atoms with Gasteiger partial charge in [0.15, 0.2) is 0 Å². The second-order valence-electron chi connectivity index (χ2n) is 5.08. The van der Waals surface area contributed by atoms with E-state index in [4.69, 9.17) is 16.3 Å². The van der Waals surface area contributed by atoms with Crippen molar-refractivity contribution in [1.82, 2.24) is 5.32 Å². The van der Waals surface area contributed by atoms with Gasteiger partial charge in [-0.25, -0.2) is 0 Å². The van der Waals surface area contributed by atoms with Crippen LogP contribution in [-0.4, -0.2) is 20.2 Å². The van der Waals surface area contributed by atoms with Gasteiger partial charge in [-0.1, -0.05) is 38.8 Å². The zero-order chi connectivity index (χ0) is 14.3. The Morgan fingerprint density at radius 1 is 1.32 bits per heavy atom. The van der Waals surface area contributed by atoms with Gasteiger partial charge in [-0.3, -0.25) is 0 Å². The topological polar surface area (TPSA) is 21.3 Å². The molecular weight excluding hydrogens is 258 g/mol. The first kappa shape index (κ1) is 16.3. The van der Waals surface area contributed by atoms with Crippen LogP contribution in [0.5, 0.6) is 5.75 Å². The zero-order valence-corrected chi connectivity index (χ0v) is 13.3. The van der Waals surface area contributed by atoms with Gasteiger partial charge in [0, 0.05) is 23.0 Å². The van der Waals surface area contributed by atoms with Crippen molar-refractivity contribution in [2.75, 3.05) is 20.2 Å². The molecule has 108 valence electrons. The maximum atomic E-state index is 6.15. The number of nitrogens with one attached hydrogen (secondary N) is 1. The molecular formula is C16H26ClNO. The Kier molecular flexibility index (Phi) is 7.25. The summed E-state index contributed by atoms with van der Waals surface area (Å²) in [7, 11) is 1.72. The van der Waals surface area contributed by atoms with Gasteiger partial charge in [-0.2, -0.15) is 0 Å². The molecule has 0 aliphatic heterocycles. The molecule has 0 bridgehead atoms. The Morgan fingerprint density at radius 2 is 2.05 bits per heavy atom. The van der Waals surface area contributed by atoms with E-state index in [2.05, 4.69) is 26.1 Å². The summed E-state index contributed by atoms with van der Waals surface area (Å²) in [5.74, 6) is 1.97. The fraction of sp³-hybridized carbons (Fsp3) is 0.625. The lowest BCUT2D eigenvalue weighted by Gasteiger charge is -2.26. The quantitative estimate of drug-likeness (QED) is 0.711. The van der Waals surface area contributed by atoms with E-state index >= 15 is 0 Å². The molecule has 3 heteroatoms. The van der Waals surface area contributed by atoms with E-state index in [1.54, 1.807) is 7.11 Å². The molecule has 0 saturated carbocycles. The van der Waals surface area contributed by atoms with Crippen molar-refractivity contribution >= 4 is 11.6 Å². The van der Waals surface area contributed by atoms with E-state index in [0.717, 1.165) is 36.7 Å². The maximum absolute atomic E-state index is 6.15. The van der Waals surface area contributed by atoms with Crippen LogP contribution in [-0.2, 0) is 0 Å². The number of hydrogen-bond donors (Lipinski definition) is 1. The number of ether oxygens (including phenoxy) is 1. The second kappa shape index (κ2) is 8.44. The van der Waals surface area contributed by atoms with Crippen molar-refractivity contribution in [3.05, 3.63) is 28.8 Å². The second-order valence-corrected chi connectivity index (χ2v) is 5.52. The molecule has 1 N–H and O–H groups in total. The predicted molar refractivity (Wildman–Crippen MR) is 83.4 cm³/mol. The smallest absolute Gasteiger partial charge is 0.122 e. The third-order valence-corrected chi connectivity index (χ3v) is 3.95. The Labute approximate surface area is 122 Å². The van der Waals surface area contributed by atoms with E-state index in [-0.39, 0.29) is 0 Å². The van der Waals surface area contributed by atoms with Crippen LogP contribution in [0.2, 0.25) is 5.02 Å². The lowest BCUT2D eigenvalue weighted by molar-refractivity contribution is 0.377. The van der Waals surface area contributed by atoms with Crippen molar-refractivity contribution in [3.63, 3.8) is 0 Å². The van der Waals surface area contributed by atoms with Crippen LogP contribution in [0.1, 0.15) is 45.1 Å². The highest BCUT2D eigenvalue weighted by Gasteiger charge is 2.21. The Bertz CT molecular complexity index is 381. The minimum Gasteiger partial charge on any atom is -0.496 e. The van der Waals surface area contributed by atoms with Crippen LogP contribution in [0.4, 0.5) is 0 Å². The molecule has 0 aliphatic rings. The molecule has 1 aromatic carbocycles. The summed E-state index contributed by atoms with van der Waals surface area (Å²) in [6.45, 7) is 8.73. The monoisotopic (exact) mass is 283 g/mol. The molecule has 2 unspecified atom stereocenters. The number of rotatable bonds is 8. The standard InChI is InChI=1S/C16H26ClNO/c1-5-9-18-11-15(12(3)6-2)14-10-13(17)7-8-16(14)19-4/h7-8,10,12,15,18H,5-6,9,11H2,1-4H3. The summed E-state index contributed by atoms with van der Waals surface area (Å²) >= 11 is 6.15. The van der Waals surface area contributed by atoms with Crippen molar-refractivity contribution in [2.45, 2.75) is 39.5 Å². The lowest BCUT2D eigenvalue weighted by Crippen LogP contribution is -2.26. The number of benzene rings is 1. The molecule has 2 atom stereocenters. The highest BCUT2D eigenvalue weighted by molar-refractivity contribution is 6.30. The highest BCUT2D eigenvalue weighted by atomic mass is 35.5. The van der Waals surface area contributed by atoms with Crippen molar-refractivity contribution < 1.29 is 4.74 Å². The molecule has 2 nitrogen and oxygen atoms in total. The fourth-order valence-electron chi connectivity index (χ4n) is 2.33. The highest BCUT2D eigenvalue weighted by Crippen LogP contribution is 2.34. The molecule has 0 spiro atoms. The molecule has 1 aromatic rings. The normalized spacial score (nSPS) is 14.2. The van der Waals surface area contributed by atoms with Crippen molar-refractivity contribution in [1.29, 1.82) is 0 Å². The average Bonchev–Trinajstić information content (AvgIpc) is 2.43. The molecule has 0 fully saturated rings. The molecule has 0 aliphatic carbocycles. The summed E-state index contributed by atoms with van der Waals surface area (Å²) in [5, 5.41) is 4.30. The lowest BCUT2D eigenvalue weighted by atomic mass is 9.85. The van der Waals surface area contributed by atoms with Gasteiger partial charge >= 0.3 is 0 Å². The van der Waals surface area contributed by atoms with Crippen LogP contribution in [0.15, 0.2) is 18.2 Å². The molecule has 1 rings (SSSR count). The number of methoxy groups -OCH3 is 1. The molecule has 0 aromatic heterocycles. The minimum absolute atomic E-state index is 0.435. The van der Waals surface area contributed by atoms with Gasteiger partial charge < -0.3 is 10.1 Å². The Morgan fingerprint density at radius 3 is 2.63 bits per heavy atom. The molecule has 0 heterocycles. The van der Waals surface area contributed by atoms with Gasteiger partial charge in [0.05, 0.1) is 7.11 Å². The van der Waals surface area contributed by atoms with Crippen LogP contribution in [0.3, 0.4) is 0 Å². The van der Waals surface area contributed by atoms with Crippen molar-refractivity contribution in [3.8, 4) is 5.75 Å². The summed E-state index contributed by atoms with van der Waals surface area (Å²) in [6.07, 6.45) is 2.30. The van der Waals surface area contributed by atoms with Gasteiger partial charge in [0.2, 0.25) is 0 Å². The third kappa shape index (κ3) is 4.70. The van der Waals surface area contributed by atoms with E-state index in [0.29, 0.717) is 11.8 Å². The van der Waals surface area contributed by atoms with Crippen LogP contribution in [0, 0.1) is 5.92 Å². The third-order valence-electron chi connectivity index (χ3n) is 3.71. The summed E-state index contributed by atoms with van der Waals surface area (Å²) in [6, 6.07) is 5.90. The first-order valence-corrected chi connectivity index (χ1v) is 7.55. The van der Waals surface area contributed by atoms with Crippen LogP contribution in [0.25, 0.3) is 0 Å². The SMILES string of the molecule is CCCNCC(c1cc(Cl)ccc1OC)C(C)CC. The first-order valence-electron chi connectivity index (χ1n) is 7.18. The van der Waals surface area contributed by atoms with Crippen LogP contribution >= 0.6 is 11.6 Å². The number of hydrogen-bond acceptors (Lipinski definition) is 2. The summed E-state index contributed by atoms with van der Waals surface area (Å²) in [4.78, 5) is 0. The molecule has 0 radical (unpaired) electrons. The first-order chi connectivity index (χ1) is 9.13. The zero-order valence-electron chi connectivity index (χ0n) is 12.5. The average molecular weight is 284 g/mol. The molecule has 0 amide bonds. The van der Waals surface area contributed by atoms with E-state index < -0.39 is 0 Å². The summed E-state index contributed by atoms with van der Waals surface area (Å²) in [5.41, 5.74) is 1.22. The van der Waals surface area contributed by atoms with Crippen LogP contribution < -0.4 is 10.1 Å². The van der Waals surface area contributed by atoms with E-state index in [9.17, 15) is 0 Å². The largest absolute Gasteiger partial charge is 0.496 e.